The molecule has 4 nitrogen and oxygen atoms in total. The van der Waals surface area contributed by atoms with Gasteiger partial charge in [-0.3, -0.25) is 0 Å². The summed E-state index contributed by atoms with van der Waals surface area (Å²) in [6, 6.07) is 10.8. The summed E-state index contributed by atoms with van der Waals surface area (Å²) in [7, 11) is 1.72. The van der Waals surface area contributed by atoms with Gasteiger partial charge in [0.05, 0.1) is 25.9 Å². The van der Waals surface area contributed by atoms with Crippen molar-refractivity contribution in [2.45, 2.75) is 45.8 Å². The van der Waals surface area contributed by atoms with Crippen LogP contribution in [0.5, 0.6) is 11.5 Å². The maximum Gasteiger partial charge on any atom is 0.165 e. The van der Waals surface area contributed by atoms with Gasteiger partial charge in [0.2, 0.25) is 0 Å². The molecule has 1 fully saturated rings. The Kier molecular flexibility index (Phi) is 5.00. The average molecular weight is 367 g/mol. The fourth-order valence-electron chi connectivity index (χ4n) is 4.72. The quantitative estimate of drug-likeness (QED) is 0.791. The predicted molar refractivity (Wildman–Crippen MR) is 108 cm³/mol. The molecule has 4 heteroatoms. The van der Waals surface area contributed by atoms with E-state index in [0.29, 0.717) is 12.5 Å². The van der Waals surface area contributed by atoms with Crippen LogP contribution in [0.1, 0.15) is 54.2 Å². The van der Waals surface area contributed by atoms with Gasteiger partial charge < -0.3 is 19.5 Å². The smallest absolute Gasteiger partial charge is 0.165 e. The summed E-state index contributed by atoms with van der Waals surface area (Å²) in [5.74, 6) is 2.01. The normalized spacial score (nSPS) is 23.8. The second-order valence-corrected chi connectivity index (χ2v) is 7.58. The Morgan fingerprint density at radius 3 is 2.81 bits per heavy atom. The van der Waals surface area contributed by atoms with Crippen LogP contribution in [0.4, 0.5) is 5.69 Å². The van der Waals surface area contributed by atoms with E-state index in [4.69, 9.17) is 14.2 Å². The van der Waals surface area contributed by atoms with E-state index in [1.165, 1.54) is 22.4 Å². The van der Waals surface area contributed by atoms with Gasteiger partial charge in [0, 0.05) is 29.3 Å². The summed E-state index contributed by atoms with van der Waals surface area (Å²) in [4.78, 5) is 0. The SMILES string of the molecule is CCOc1cccc([C@H]2Nc3c(C)cc(C)cc3[C@H]3OCCC[C@@H]23)c1OC. The molecular weight excluding hydrogens is 338 g/mol. The van der Waals surface area contributed by atoms with Gasteiger partial charge in [0.25, 0.3) is 0 Å². The Hall–Kier alpha value is -2.20. The number of fused-ring (bicyclic) bond motifs is 3. The molecule has 0 unspecified atom stereocenters. The highest BCUT2D eigenvalue weighted by molar-refractivity contribution is 5.64. The zero-order valence-corrected chi connectivity index (χ0v) is 16.7. The molecule has 0 radical (unpaired) electrons. The van der Waals surface area contributed by atoms with Crippen molar-refractivity contribution >= 4 is 5.69 Å². The van der Waals surface area contributed by atoms with Crippen molar-refractivity contribution in [2.75, 3.05) is 25.6 Å². The molecule has 0 aromatic heterocycles. The van der Waals surface area contributed by atoms with E-state index in [1.54, 1.807) is 7.11 Å². The second-order valence-electron chi connectivity index (χ2n) is 7.58. The highest BCUT2D eigenvalue weighted by Crippen LogP contribution is 2.52. The van der Waals surface area contributed by atoms with Gasteiger partial charge in [-0.1, -0.05) is 29.8 Å². The van der Waals surface area contributed by atoms with Gasteiger partial charge in [0.1, 0.15) is 0 Å². The molecule has 2 aromatic carbocycles. The zero-order chi connectivity index (χ0) is 19.0. The van der Waals surface area contributed by atoms with E-state index in [0.717, 1.165) is 36.5 Å². The highest BCUT2D eigenvalue weighted by Gasteiger charge is 2.41. The Morgan fingerprint density at radius 2 is 2.04 bits per heavy atom. The third-order valence-corrected chi connectivity index (χ3v) is 5.76. The molecule has 1 N–H and O–H groups in total. The van der Waals surface area contributed by atoms with E-state index >= 15 is 0 Å². The fraction of sp³-hybridized carbons (Fsp3) is 0.478. The van der Waals surface area contributed by atoms with Crippen molar-refractivity contribution < 1.29 is 14.2 Å². The number of aryl methyl sites for hydroxylation is 2. The van der Waals surface area contributed by atoms with Crippen LogP contribution in [0, 0.1) is 19.8 Å². The number of hydrogen-bond donors (Lipinski definition) is 1. The summed E-state index contributed by atoms with van der Waals surface area (Å²) < 4.78 is 17.9. The van der Waals surface area contributed by atoms with Crippen LogP contribution < -0.4 is 14.8 Å². The Labute approximate surface area is 161 Å². The predicted octanol–water partition coefficient (Wildman–Crippen LogP) is 5.35. The standard InChI is InChI=1S/C23H29NO3/c1-5-26-19-10-6-8-17(23(19)25-4)21-16-9-7-11-27-22(16)18-13-14(2)12-15(3)20(18)24-21/h6,8,10,12-13,16,21-22,24H,5,7,9,11H2,1-4H3/t16-,21-,22-/m0/s1. The summed E-state index contributed by atoms with van der Waals surface area (Å²) in [6.45, 7) is 7.78. The summed E-state index contributed by atoms with van der Waals surface area (Å²) >= 11 is 0. The van der Waals surface area contributed by atoms with Gasteiger partial charge in [-0.15, -0.1) is 0 Å². The van der Waals surface area contributed by atoms with Crippen LogP contribution in [0.2, 0.25) is 0 Å². The first-order chi connectivity index (χ1) is 13.1. The van der Waals surface area contributed by atoms with E-state index in [9.17, 15) is 0 Å². The molecule has 3 atom stereocenters. The van der Waals surface area contributed by atoms with Crippen molar-refractivity contribution in [3.8, 4) is 11.5 Å². The van der Waals surface area contributed by atoms with E-state index < -0.39 is 0 Å². The first kappa shape index (κ1) is 18.2. The second kappa shape index (κ2) is 7.43. The lowest BCUT2D eigenvalue weighted by molar-refractivity contribution is -0.0384. The number of nitrogens with one attached hydrogen (secondary N) is 1. The van der Waals surface area contributed by atoms with Crippen LogP contribution in [-0.2, 0) is 4.74 Å². The third-order valence-electron chi connectivity index (χ3n) is 5.76. The Bertz CT molecular complexity index is 833. The zero-order valence-electron chi connectivity index (χ0n) is 16.7. The largest absolute Gasteiger partial charge is 0.492 e. The summed E-state index contributed by atoms with van der Waals surface area (Å²) in [6.07, 6.45) is 2.35. The summed E-state index contributed by atoms with van der Waals surface area (Å²) in [5.41, 5.74) is 6.21. The molecule has 0 amide bonds. The van der Waals surface area contributed by atoms with Gasteiger partial charge >= 0.3 is 0 Å². The molecular formula is C23H29NO3. The van der Waals surface area contributed by atoms with Crippen LogP contribution >= 0.6 is 0 Å². The van der Waals surface area contributed by atoms with Crippen LogP contribution in [0.3, 0.4) is 0 Å². The number of anilines is 1. The molecule has 2 aliphatic rings. The maximum absolute atomic E-state index is 6.31. The minimum absolute atomic E-state index is 0.124. The minimum atomic E-state index is 0.124. The van der Waals surface area contributed by atoms with E-state index in [-0.39, 0.29) is 12.1 Å². The Balaban J connectivity index is 1.83. The van der Waals surface area contributed by atoms with E-state index in [1.807, 2.05) is 13.0 Å². The molecule has 2 aliphatic heterocycles. The molecule has 0 spiro atoms. The molecule has 4 rings (SSSR count). The van der Waals surface area contributed by atoms with Crippen LogP contribution in [-0.4, -0.2) is 20.3 Å². The minimum Gasteiger partial charge on any atom is -0.492 e. The van der Waals surface area contributed by atoms with Crippen molar-refractivity contribution in [3.63, 3.8) is 0 Å². The maximum atomic E-state index is 6.31. The first-order valence-electron chi connectivity index (χ1n) is 9.93. The molecule has 0 aliphatic carbocycles. The number of rotatable bonds is 4. The molecule has 1 saturated heterocycles. The van der Waals surface area contributed by atoms with Crippen molar-refractivity contribution in [1.29, 1.82) is 0 Å². The fourth-order valence-corrected chi connectivity index (χ4v) is 4.72. The van der Waals surface area contributed by atoms with Crippen molar-refractivity contribution in [1.82, 2.24) is 0 Å². The number of methoxy groups -OCH3 is 1. The lowest BCUT2D eigenvalue weighted by atomic mass is 9.76. The number of ether oxygens (including phenoxy) is 3. The lowest BCUT2D eigenvalue weighted by Crippen LogP contribution is -2.36. The van der Waals surface area contributed by atoms with Crippen molar-refractivity contribution in [3.05, 3.63) is 52.6 Å². The van der Waals surface area contributed by atoms with E-state index in [2.05, 4.69) is 43.4 Å². The monoisotopic (exact) mass is 367 g/mol. The van der Waals surface area contributed by atoms with Crippen molar-refractivity contribution in [2.24, 2.45) is 5.92 Å². The molecule has 144 valence electrons. The third kappa shape index (κ3) is 3.16. The molecule has 2 aromatic rings. The average Bonchev–Trinajstić information content (AvgIpc) is 2.67. The van der Waals surface area contributed by atoms with Gasteiger partial charge in [-0.2, -0.15) is 0 Å². The van der Waals surface area contributed by atoms with Crippen LogP contribution in [0.25, 0.3) is 0 Å². The number of para-hydroxylation sites is 1. The molecule has 0 saturated carbocycles. The lowest BCUT2D eigenvalue weighted by Gasteiger charge is -2.44. The first-order valence-corrected chi connectivity index (χ1v) is 9.93. The van der Waals surface area contributed by atoms with Crippen LogP contribution in [0.15, 0.2) is 30.3 Å². The van der Waals surface area contributed by atoms with Gasteiger partial charge in [-0.05, 0) is 45.2 Å². The number of benzene rings is 2. The molecule has 0 bridgehead atoms. The summed E-state index contributed by atoms with van der Waals surface area (Å²) in [5, 5.41) is 3.84. The van der Waals surface area contributed by atoms with Gasteiger partial charge in [0.15, 0.2) is 11.5 Å². The molecule has 27 heavy (non-hydrogen) atoms. The molecule has 2 heterocycles. The number of hydrogen-bond acceptors (Lipinski definition) is 4. The highest BCUT2D eigenvalue weighted by atomic mass is 16.5. The Morgan fingerprint density at radius 1 is 1.19 bits per heavy atom. The van der Waals surface area contributed by atoms with Gasteiger partial charge in [-0.25, -0.2) is 0 Å². The topological polar surface area (TPSA) is 39.7 Å².